The lowest BCUT2D eigenvalue weighted by atomic mass is 10.1. The Labute approximate surface area is 169 Å². The molecule has 0 fully saturated rings. The number of nitrogens with zero attached hydrogens (tertiary/aromatic N) is 1. The lowest BCUT2D eigenvalue weighted by Gasteiger charge is -2.09. The zero-order valence-electron chi connectivity index (χ0n) is 14.4. The molecule has 0 atom stereocenters. The van der Waals surface area contributed by atoms with Crippen LogP contribution in [0.4, 0.5) is 5.69 Å². The Kier molecular flexibility index (Phi) is 4.69. The van der Waals surface area contributed by atoms with E-state index in [1.54, 1.807) is 35.6 Å². The van der Waals surface area contributed by atoms with E-state index in [-0.39, 0.29) is 16.0 Å². The molecule has 0 saturated carbocycles. The fourth-order valence-electron chi connectivity index (χ4n) is 2.60. The molecule has 2 N–H and O–H groups in total. The number of benzene rings is 2. The average molecular weight is 432 g/mol. The average Bonchev–Trinajstić information content (AvgIpc) is 3.19. The zero-order valence-corrected chi connectivity index (χ0v) is 16.9. The Hall–Kier alpha value is -2.69. The molecule has 10 heteroatoms. The minimum atomic E-state index is -3.90. The van der Waals surface area contributed by atoms with Crippen molar-refractivity contribution in [3.05, 3.63) is 64.7 Å². The third-order valence-corrected chi connectivity index (χ3v) is 7.37. The van der Waals surface area contributed by atoms with Crippen LogP contribution in [0.25, 0.3) is 0 Å². The molecule has 2 amide bonds. The van der Waals surface area contributed by atoms with Crippen molar-refractivity contribution in [2.75, 3.05) is 4.72 Å². The van der Waals surface area contributed by atoms with Crippen LogP contribution in [-0.4, -0.2) is 25.2 Å². The van der Waals surface area contributed by atoms with E-state index in [1.807, 2.05) is 12.3 Å². The van der Waals surface area contributed by atoms with Crippen molar-refractivity contribution in [3.63, 3.8) is 0 Å². The van der Waals surface area contributed by atoms with Gasteiger partial charge in [0.25, 0.3) is 21.8 Å². The summed E-state index contributed by atoms with van der Waals surface area (Å²) in [6, 6.07) is 10.7. The number of hydrogen-bond acceptors (Lipinski definition) is 7. The van der Waals surface area contributed by atoms with Crippen molar-refractivity contribution < 1.29 is 18.0 Å². The second-order valence-electron chi connectivity index (χ2n) is 5.98. The van der Waals surface area contributed by atoms with Gasteiger partial charge in [0.1, 0.15) is 0 Å². The molecule has 0 unspecified atom stereocenters. The van der Waals surface area contributed by atoms with Gasteiger partial charge in [-0.2, -0.15) is 0 Å². The summed E-state index contributed by atoms with van der Waals surface area (Å²) in [6.45, 7) is 1.93. The number of hydrogen-bond donors (Lipinski definition) is 2. The number of aromatic nitrogens is 1. The quantitative estimate of drug-likeness (QED) is 0.601. The van der Waals surface area contributed by atoms with Gasteiger partial charge in [-0.25, -0.2) is 13.4 Å². The van der Waals surface area contributed by atoms with Gasteiger partial charge in [-0.15, -0.1) is 11.3 Å². The summed E-state index contributed by atoms with van der Waals surface area (Å²) < 4.78 is 28.6. The van der Waals surface area contributed by atoms with Gasteiger partial charge < -0.3 is 0 Å². The number of amides is 2. The second kappa shape index (κ2) is 7.04. The van der Waals surface area contributed by atoms with Gasteiger partial charge in [-0.05, 0) is 49.4 Å². The van der Waals surface area contributed by atoms with Crippen LogP contribution in [0, 0.1) is 6.92 Å². The van der Waals surface area contributed by atoms with Crippen molar-refractivity contribution in [3.8, 4) is 0 Å². The maximum Gasteiger partial charge on any atom is 0.261 e. The van der Waals surface area contributed by atoms with Crippen LogP contribution in [-0.2, 0) is 10.0 Å². The first-order valence-electron chi connectivity index (χ1n) is 8.04. The number of fused-ring (bicyclic) bond motifs is 1. The third kappa shape index (κ3) is 3.66. The Morgan fingerprint density at radius 3 is 2.43 bits per heavy atom. The molecule has 3 aromatic rings. The number of rotatable bonds is 5. The molecule has 0 radical (unpaired) electrons. The van der Waals surface area contributed by atoms with E-state index in [9.17, 15) is 18.0 Å². The molecule has 0 spiro atoms. The molecule has 1 aliphatic rings. The Bertz CT molecular complexity index is 1200. The molecule has 0 aliphatic carbocycles. The lowest BCUT2D eigenvalue weighted by Crippen LogP contribution is -2.19. The summed E-state index contributed by atoms with van der Waals surface area (Å²) in [5.41, 5.74) is 1.57. The molecular formula is C18H13N3O4S3. The second-order valence-corrected chi connectivity index (χ2v) is 9.84. The van der Waals surface area contributed by atoms with Crippen LogP contribution in [0.3, 0.4) is 0 Å². The SMILES string of the molecule is Cc1csc(Sc2ccc(NS(=O)(=O)c3ccc4c(c3)C(=O)NC4=O)cc2)n1. The number of anilines is 1. The highest BCUT2D eigenvalue weighted by atomic mass is 32.2. The lowest BCUT2D eigenvalue weighted by molar-refractivity contribution is 0.0879. The molecule has 2 aromatic carbocycles. The van der Waals surface area contributed by atoms with E-state index >= 15 is 0 Å². The molecule has 1 aliphatic heterocycles. The number of carbonyl (C=O) groups is 2. The minimum Gasteiger partial charge on any atom is -0.288 e. The summed E-state index contributed by atoms with van der Waals surface area (Å²) in [6.07, 6.45) is 0. The van der Waals surface area contributed by atoms with Crippen LogP contribution in [0.2, 0.25) is 0 Å². The summed E-state index contributed by atoms with van der Waals surface area (Å²) in [7, 11) is -3.90. The summed E-state index contributed by atoms with van der Waals surface area (Å²) in [5, 5.41) is 4.11. The first-order valence-corrected chi connectivity index (χ1v) is 11.2. The van der Waals surface area contributed by atoms with E-state index in [4.69, 9.17) is 0 Å². The first-order chi connectivity index (χ1) is 13.3. The van der Waals surface area contributed by atoms with Crippen LogP contribution in [0.5, 0.6) is 0 Å². The highest BCUT2D eigenvalue weighted by molar-refractivity contribution is 8.01. The Morgan fingerprint density at radius 1 is 1.04 bits per heavy atom. The van der Waals surface area contributed by atoms with Crippen molar-refractivity contribution in [1.29, 1.82) is 0 Å². The van der Waals surface area contributed by atoms with Gasteiger partial charge in [-0.3, -0.25) is 19.6 Å². The Morgan fingerprint density at radius 2 is 1.75 bits per heavy atom. The van der Waals surface area contributed by atoms with Crippen LogP contribution < -0.4 is 10.0 Å². The van der Waals surface area contributed by atoms with Crippen LogP contribution in [0.15, 0.2) is 62.0 Å². The molecule has 4 rings (SSSR count). The largest absolute Gasteiger partial charge is 0.288 e. The van der Waals surface area contributed by atoms with Crippen LogP contribution in [0.1, 0.15) is 26.4 Å². The van der Waals surface area contributed by atoms with E-state index in [0.29, 0.717) is 5.69 Å². The fourth-order valence-corrected chi connectivity index (χ4v) is 5.49. The van der Waals surface area contributed by atoms with Gasteiger partial charge in [0.15, 0.2) is 4.34 Å². The van der Waals surface area contributed by atoms with Gasteiger partial charge in [0.05, 0.1) is 16.0 Å². The number of imide groups is 1. The summed E-state index contributed by atoms with van der Waals surface area (Å²) in [5.74, 6) is -1.13. The van der Waals surface area contributed by atoms with Gasteiger partial charge in [0, 0.05) is 21.7 Å². The maximum atomic E-state index is 12.6. The molecule has 28 heavy (non-hydrogen) atoms. The summed E-state index contributed by atoms with van der Waals surface area (Å²) >= 11 is 3.05. The zero-order chi connectivity index (χ0) is 19.9. The Balaban J connectivity index is 1.53. The van der Waals surface area contributed by atoms with Gasteiger partial charge in [0.2, 0.25) is 0 Å². The van der Waals surface area contributed by atoms with Crippen molar-refractivity contribution in [2.45, 2.75) is 21.1 Å². The molecule has 2 heterocycles. The van der Waals surface area contributed by atoms with Gasteiger partial charge in [-0.1, -0.05) is 11.8 Å². The predicted molar refractivity (Wildman–Crippen MR) is 106 cm³/mol. The third-order valence-electron chi connectivity index (χ3n) is 3.93. The molecular weight excluding hydrogens is 418 g/mol. The normalized spacial score (nSPS) is 13.3. The van der Waals surface area contributed by atoms with E-state index in [0.717, 1.165) is 14.9 Å². The highest BCUT2D eigenvalue weighted by Crippen LogP contribution is 2.31. The van der Waals surface area contributed by atoms with Crippen molar-refractivity contribution in [1.82, 2.24) is 10.3 Å². The highest BCUT2D eigenvalue weighted by Gasteiger charge is 2.28. The minimum absolute atomic E-state index is 0.0540. The maximum absolute atomic E-state index is 12.6. The predicted octanol–water partition coefficient (Wildman–Crippen LogP) is 3.29. The van der Waals surface area contributed by atoms with E-state index in [2.05, 4.69) is 15.0 Å². The molecule has 0 saturated heterocycles. The van der Waals surface area contributed by atoms with E-state index < -0.39 is 21.8 Å². The number of carbonyl (C=O) groups excluding carboxylic acids is 2. The number of sulfonamides is 1. The smallest absolute Gasteiger partial charge is 0.261 e. The van der Waals surface area contributed by atoms with E-state index in [1.165, 1.54) is 30.0 Å². The van der Waals surface area contributed by atoms with Crippen molar-refractivity contribution in [2.24, 2.45) is 0 Å². The molecule has 1 aromatic heterocycles. The number of nitrogens with one attached hydrogen (secondary N) is 2. The number of thiazole rings is 1. The van der Waals surface area contributed by atoms with Gasteiger partial charge >= 0.3 is 0 Å². The molecule has 7 nitrogen and oxygen atoms in total. The number of aryl methyl sites for hydroxylation is 1. The topological polar surface area (TPSA) is 105 Å². The monoisotopic (exact) mass is 431 g/mol. The molecule has 0 bridgehead atoms. The standard InChI is InChI=1S/C18H13N3O4S3/c1-10-9-26-18(19-10)27-12-4-2-11(3-5-12)21-28(24,25)13-6-7-14-15(8-13)17(23)20-16(14)22/h2-9,21H,1H3,(H,20,22,23). The first kappa shape index (κ1) is 18.7. The van der Waals surface area contributed by atoms with Crippen LogP contribution >= 0.6 is 23.1 Å². The fraction of sp³-hybridized carbons (Fsp3) is 0.0556. The summed E-state index contributed by atoms with van der Waals surface area (Å²) in [4.78, 5) is 28.6. The molecule has 142 valence electrons. The van der Waals surface area contributed by atoms with Crippen molar-refractivity contribution >= 4 is 50.6 Å².